The Morgan fingerprint density at radius 2 is 1.61 bits per heavy atom. The molecule has 3 aromatic rings. The molecule has 2 N–H and O–H groups in total. The van der Waals surface area contributed by atoms with E-state index in [0.29, 0.717) is 17.1 Å². The second-order valence-corrected chi connectivity index (χ2v) is 7.05. The Hall–Kier alpha value is -3.94. The molecule has 3 rings (SSSR count). The van der Waals surface area contributed by atoms with E-state index in [2.05, 4.69) is 15.7 Å². The van der Waals surface area contributed by atoms with Gasteiger partial charge in [-0.15, -0.1) is 0 Å². The molecule has 8 heteroatoms. The highest BCUT2D eigenvalue weighted by atomic mass is 16.5. The van der Waals surface area contributed by atoms with Crippen molar-refractivity contribution in [3.8, 4) is 0 Å². The maximum absolute atomic E-state index is 12.5. The van der Waals surface area contributed by atoms with Gasteiger partial charge in [-0.25, -0.2) is 4.79 Å². The molecule has 160 valence electrons. The van der Waals surface area contributed by atoms with Crippen molar-refractivity contribution in [2.24, 2.45) is 7.05 Å². The fourth-order valence-corrected chi connectivity index (χ4v) is 3.08. The molecule has 1 heterocycles. The smallest absolute Gasteiger partial charge is 0.340 e. The van der Waals surface area contributed by atoms with E-state index >= 15 is 0 Å². The van der Waals surface area contributed by atoms with Crippen LogP contribution in [0.1, 0.15) is 27.3 Å². The average molecular weight is 420 g/mol. The van der Waals surface area contributed by atoms with Gasteiger partial charge >= 0.3 is 5.97 Å². The van der Waals surface area contributed by atoms with Gasteiger partial charge in [-0.2, -0.15) is 5.10 Å². The summed E-state index contributed by atoms with van der Waals surface area (Å²) in [7, 11) is 1.78. The van der Waals surface area contributed by atoms with Crippen LogP contribution in [0.2, 0.25) is 0 Å². The van der Waals surface area contributed by atoms with E-state index < -0.39 is 18.5 Å². The number of rotatable bonds is 7. The molecule has 2 aromatic carbocycles. The van der Waals surface area contributed by atoms with E-state index in [1.54, 1.807) is 36.9 Å². The van der Waals surface area contributed by atoms with Crippen molar-refractivity contribution >= 4 is 29.2 Å². The summed E-state index contributed by atoms with van der Waals surface area (Å²) in [5, 5.41) is 9.67. The summed E-state index contributed by atoms with van der Waals surface area (Å²) in [5.41, 5.74) is 3.42. The molecule has 0 aliphatic heterocycles. The molecule has 0 atom stereocenters. The SMILES string of the molecule is Cc1nn(C)c(C)c1NC(=O)COC(=O)c1ccccc1NC(=O)Cc1ccccc1. The Balaban J connectivity index is 1.60. The average Bonchev–Trinajstić information content (AvgIpc) is 2.99. The number of benzene rings is 2. The lowest BCUT2D eigenvalue weighted by atomic mass is 10.1. The Bertz CT molecular complexity index is 1110. The lowest BCUT2D eigenvalue weighted by Crippen LogP contribution is -2.22. The van der Waals surface area contributed by atoms with Crippen LogP contribution in [0.4, 0.5) is 11.4 Å². The van der Waals surface area contributed by atoms with Gasteiger partial charge in [0.15, 0.2) is 6.61 Å². The Morgan fingerprint density at radius 3 is 2.29 bits per heavy atom. The number of para-hydroxylation sites is 1. The summed E-state index contributed by atoms with van der Waals surface area (Å²) in [6.07, 6.45) is 0.177. The lowest BCUT2D eigenvalue weighted by Gasteiger charge is -2.11. The second-order valence-electron chi connectivity index (χ2n) is 7.05. The van der Waals surface area contributed by atoms with Gasteiger partial charge in [0.2, 0.25) is 5.91 Å². The third kappa shape index (κ3) is 5.57. The minimum absolute atomic E-state index is 0.172. The molecule has 31 heavy (non-hydrogen) atoms. The van der Waals surface area contributed by atoms with Crippen LogP contribution in [0.5, 0.6) is 0 Å². The van der Waals surface area contributed by atoms with Gasteiger partial charge in [0.05, 0.1) is 34.7 Å². The van der Waals surface area contributed by atoms with Crippen molar-refractivity contribution in [1.29, 1.82) is 0 Å². The first kappa shape index (κ1) is 21.8. The summed E-state index contributed by atoms with van der Waals surface area (Å²) in [5.74, 6) is -1.43. The number of ether oxygens (including phenoxy) is 1. The van der Waals surface area contributed by atoms with Gasteiger partial charge in [-0.3, -0.25) is 14.3 Å². The normalized spacial score (nSPS) is 10.4. The molecule has 0 aliphatic carbocycles. The predicted molar refractivity (Wildman–Crippen MR) is 117 cm³/mol. The molecule has 0 radical (unpaired) electrons. The molecule has 0 fully saturated rings. The molecular weight excluding hydrogens is 396 g/mol. The molecule has 1 aromatic heterocycles. The van der Waals surface area contributed by atoms with Crippen LogP contribution in [-0.2, 0) is 27.8 Å². The number of aryl methyl sites for hydroxylation is 2. The van der Waals surface area contributed by atoms with Gasteiger partial charge < -0.3 is 15.4 Å². The largest absolute Gasteiger partial charge is 0.452 e. The minimum Gasteiger partial charge on any atom is -0.452 e. The number of nitrogens with one attached hydrogen (secondary N) is 2. The van der Waals surface area contributed by atoms with Crippen LogP contribution in [0.3, 0.4) is 0 Å². The second kappa shape index (κ2) is 9.71. The van der Waals surface area contributed by atoms with Gasteiger partial charge in [0, 0.05) is 7.05 Å². The van der Waals surface area contributed by atoms with Crippen molar-refractivity contribution in [3.05, 3.63) is 77.1 Å². The van der Waals surface area contributed by atoms with E-state index in [9.17, 15) is 14.4 Å². The van der Waals surface area contributed by atoms with Crippen LogP contribution in [0.25, 0.3) is 0 Å². The van der Waals surface area contributed by atoms with Crippen LogP contribution in [-0.4, -0.2) is 34.2 Å². The standard InChI is InChI=1S/C23H24N4O4/c1-15-22(16(2)27(3)26-15)25-21(29)14-31-23(30)18-11-7-8-12-19(18)24-20(28)13-17-9-5-4-6-10-17/h4-12H,13-14H2,1-3H3,(H,24,28)(H,25,29). The fourth-order valence-electron chi connectivity index (χ4n) is 3.08. The number of anilines is 2. The van der Waals surface area contributed by atoms with Crippen LogP contribution >= 0.6 is 0 Å². The molecule has 0 spiro atoms. The topological polar surface area (TPSA) is 102 Å². The summed E-state index contributed by atoms with van der Waals surface area (Å²) in [6.45, 7) is 3.15. The lowest BCUT2D eigenvalue weighted by molar-refractivity contribution is -0.119. The summed E-state index contributed by atoms with van der Waals surface area (Å²) < 4.78 is 6.82. The highest BCUT2D eigenvalue weighted by Gasteiger charge is 2.17. The highest BCUT2D eigenvalue weighted by Crippen LogP contribution is 2.19. The first-order chi connectivity index (χ1) is 14.8. The molecule has 0 bridgehead atoms. The van der Waals surface area contributed by atoms with E-state index in [1.807, 2.05) is 37.3 Å². The molecule has 0 unspecified atom stereocenters. The molecular formula is C23H24N4O4. The van der Waals surface area contributed by atoms with Crippen LogP contribution < -0.4 is 10.6 Å². The zero-order valence-corrected chi connectivity index (χ0v) is 17.6. The zero-order chi connectivity index (χ0) is 22.4. The fraction of sp³-hybridized carbons (Fsp3) is 0.217. The van der Waals surface area contributed by atoms with E-state index in [1.165, 1.54) is 6.07 Å². The first-order valence-corrected chi connectivity index (χ1v) is 9.75. The maximum atomic E-state index is 12.5. The molecule has 0 saturated heterocycles. The minimum atomic E-state index is -0.703. The Labute approximate surface area is 180 Å². The van der Waals surface area contributed by atoms with Gasteiger partial charge in [0.1, 0.15) is 0 Å². The number of carbonyl (C=O) groups excluding carboxylic acids is 3. The van der Waals surface area contributed by atoms with Gasteiger partial charge in [-0.05, 0) is 31.5 Å². The molecule has 0 aliphatic rings. The van der Waals surface area contributed by atoms with Crippen molar-refractivity contribution in [2.45, 2.75) is 20.3 Å². The van der Waals surface area contributed by atoms with E-state index in [-0.39, 0.29) is 17.9 Å². The van der Waals surface area contributed by atoms with Crippen molar-refractivity contribution in [3.63, 3.8) is 0 Å². The zero-order valence-electron chi connectivity index (χ0n) is 17.6. The number of nitrogens with zero attached hydrogens (tertiary/aromatic N) is 2. The van der Waals surface area contributed by atoms with Crippen molar-refractivity contribution in [1.82, 2.24) is 9.78 Å². The predicted octanol–water partition coefficient (Wildman–Crippen LogP) is 3.01. The molecule has 2 amide bonds. The maximum Gasteiger partial charge on any atom is 0.340 e. The third-order valence-corrected chi connectivity index (χ3v) is 4.74. The van der Waals surface area contributed by atoms with Crippen molar-refractivity contribution in [2.75, 3.05) is 17.2 Å². The van der Waals surface area contributed by atoms with E-state index in [0.717, 1.165) is 11.3 Å². The number of hydrogen-bond acceptors (Lipinski definition) is 5. The van der Waals surface area contributed by atoms with Crippen LogP contribution in [0, 0.1) is 13.8 Å². The van der Waals surface area contributed by atoms with Crippen molar-refractivity contribution < 1.29 is 19.1 Å². The monoisotopic (exact) mass is 420 g/mol. The van der Waals surface area contributed by atoms with Gasteiger partial charge in [0.25, 0.3) is 5.91 Å². The number of carbonyl (C=O) groups is 3. The van der Waals surface area contributed by atoms with Crippen LogP contribution in [0.15, 0.2) is 54.6 Å². The number of amides is 2. The highest BCUT2D eigenvalue weighted by molar-refractivity contribution is 6.02. The Kier molecular flexibility index (Phi) is 6.81. The first-order valence-electron chi connectivity index (χ1n) is 9.75. The quantitative estimate of drug-likeness (QED) is 0.572. The molecule has 8 nitrogen and oxygen atoms in total. The number of esters is 1. The number of hydrogen-bond donors (Lipinski definition) is 2. The summed E-state index contributed by atoms with van der Waals surface area (Å²) in [6, 6.07) is 15.8. The number of aromatic nitrogens is 2. The Morgan fingerprint density at radius 1 is 0.935 bits per heavy atom. The summed E-state index contributed by atoms with van der Waals surface area (Å²) in [4.78, 5) is 37.1. The van der Waals surface area contributed by atoms with E-state index in [4.69, 9.17) is 4.74 Å². The van der Waals surface area contributed by atoms with Gasteiger partial charge in [-0.1, -0.05) is 42.5 Å². The third-order valence-electron chi connectivity index (χ3n) is 4.74. The summed E-state index contributed by atoms with van der Waals surface area (Å²) >= 11 is 0. The molecule has 0 saturated carbocycles.